The van der Waals surface area contributed by atoms with Gasteiger partial charge in [-0.2, -0.15) is 0 Å². The molecular weight excluding hydrogens is 280 g/mol. The van der Waals surface area contributed by atoms with E-state index >= 15 is 0 Å². The highest BCUT2D eigenvalue weighted by atomic mass is 32.1. The Morgan fingerprint density at radius 1 is 1.19 bits per heavy atom. The topological polar surface area (TPSA) is 45.1 Å². The third-order valence-electron chi connectivity index (χ3n) is 3.69. The van der Waals surface area contributed by atoms with Crippen molar-refractivity contribution in [3.63, 3.8) is 0 Å². The van der Waals surface area contributed by atoms with E-state index in [0.29, 0.717) is 12.5 Å². The van der Waals surface area contributed by atoms with Gasteiger partial charge in [-0.05, 0) is 30.9 Å². The van der Waals surface area contributed by atoms with Crippen molar-refractivity contribution < 1.29 is 5.11 Å². The van der Waals surface area contributed by atoms with Gasteiger partial charge in [0.2, 0.25) is 0 Å². The number of aliphatic hydroxyl groups excluding tert-OH is 1. The lowest BCUT2D eigenvalue weighted by molar-refractivity contribution is 0.161. The third kappa shape index (κ3) is 4.13. The second-order valence-corrected chi connectivity index (χ2v) is 7.07. The molecule has 0 spiro atoms. The van der Waals surface area contributed by atoms with E-state index in [1.807, 2.05) is 23.7 Å². The van der Waals surface area contributed by atoms with Crippen molar-refractivity contribution >= 4 is 11.3 Å². The van der Waals surface area contributed by atoms with Crippen LogP contribution in [-0.2, 0) is 5.54 Å². The Hall–Kier alpha value is -1.23. The molecule has 1 unspecified atom stereocenters. The molecule has 3 nitrogen and oxygen atoms in total. The number of hydrogen-bond donors (Lipinski definition) is 2. The molecule has 2 N–H and O–H groups in total. The summed E-state index contributed by atoms with van der Waals surface area (Å²) in [4.78, 5) is 4.34. The highest BCUT2D eigenvalue weighted by Gasteiger charge is 2.23. The largest absolute Gasteiger partial charge is 0.387 e. The second-order valence-electron chi connectivity index (χ2n) is 6.18. The molecule has 0 aliphatic carbocycles. The molecule has 1 atom stereocenters. The monoisotopic (exact) mass is 304 g/mol. The minimum atomic E-state index is -0.509. The fraction of sp³-hybridized carbons (Fsp3) is 0.471. The number of hydrogen-bond acceptors (Lipinski definition) is 4. The van der Waals surface area contributed by atoms with E-state index in [1.165, 1.54) is 5.56 Å². The van der Waals surface area contributed by atoms with Crippen molar-refractivity contribution in [2.24, 2.45) is 0 Å². The van der Waals surface area contributed by atoms with Gasteiger partial charge in [-0.1, -0.05) is 38.1 Å². The number of nitrogens with zero attached hydrogens (tertiary/aromatic N) is 1. The summed E-state index contributed by atoms with van der Waals surface area (Å²) in [5.74, 6) is 0.512. The predicted octanol–water partition coefficient (Wildman–Crippen LogP) is 3.82. The summed E-state index contributed by atoms with van der Waals surface area (Å²) in [6.45, 7) is 9.02. The summed E-state index contributed by atoms with van der Waals surface area (Å²) in [5.41, 5.74) is 2.01. The van der Waals surface area contributed by atoms with Gasteiger partial charge in [0.25, 0.3) is 0 Å². The van der Waals surface area contributed by atoms with Gasteiger partial charge in [0, 0.05) is 18.1 Å². The summed E-state index contributed by atoms with van der Waals surface area (Å²) in [6.07, 6.45) is 1.30. The van der Waals surface area contributed by atoms with Crippen LogP contribution in [0.1, 0.15) is 55.9 Å². The molecule has 0 bridgehead atoms. The van der Waals surface area contributed by atoms with Crippen LogP contribution in [0.15, 0.2) is 35.8 Å². The molecule has 1 heterocycles. The van der Waals surface area contributed by atoms with Crippen LogP contribution in [0.5, 0.6) is 0 Å². The van der Waals surface area contributed by atoms with E-state index in [0.717, 1.165) is 10.6 Å². The molecule has 0 fully saturated rings. The van der Waals surface area contributed by atoms with Crippen molar-refractivity contribution in [2.75, 3.05) is 6.54 Å². The van der Waals surface area contributed by atoms with E-state index in [-0.39, 0.29) is 5.54 Å². The molecule has 0 saturated heterocycles. The molecule has 0 radical (unpaired) electrons. The van der Waals surface area contributed by atoms with E-state index < -0.39 is 6.10 Å². The minimum Gasteiger partial charge on any atom is -0.387 e. The maximum Gasteiger partial charge on any atom is 0.112 e. The zero-order valence-electron chi connectivity index (χ0n) is 13.1. The van der Waals surface area contributed by atoms with Crippen LogP contribution in [0.3, 0.4) is 0 Å². The van der Waals surface area contributed by atoms with Gasteiger partial charge in [0.1, 0.15) is 5.01 Å². The SMILES string of the molecule is CC(C)c1ccc(C(O)CNC(C)(C)c2nccs2)cc1. The molecule has 4 heteroatoms. The van der Waals surface area contributed by atoms with Crippen molar-refractivity contribution in [1.82, 2.24) is 10.3 Å². The number of aromatic nitrogens is 1. The van der Waals surface area contributed by atoms with E-state index in [2.05, 4.69) is 50.1 Å². The average Bonchev–Trinajstić information content (AvgIpc) is 3.00. The Labute approximate surface area is 131 Å². The molecule has 0 saturated carbocycles. The van der Waals surface area contributed by atoms with Crippen LogP contribution in [-0.4, -0.2) is 16.6 Å². The summed E-state index contributed by atoms with van der Waals surface area (Å²) < 4.78 is 0. The fourth-order valence-corrected chi connectivity index (χ4v) is 2.92. The fourth-order valence-electron chi connectivity index (χ4n) is 2.18. The van der Waals surface area contributed by atoms with Crippen LogP contribution in [0.4, 0.5) is 0 Å². The normalized spacial score (nSPS) is 13.6. The second kappa shape index (κ2) is 6.69. The van der Waals surface area contributed by atoms with E-state index in [1.54, 1.807) is 11.3 Å². The standard InChI is InChI=1S/C17H24N2OS/c1-12(2)13-5-7-14(8-6-13)15(20)11-19-17(3,4)16-18-9-10-21-16/h5-10,12,15,19-20H,11H2,1-4H3. The molecule has 21 heavy (non-hydrogen) atoms. The maximum absolute atomic E-state index is 10.3. The van der Waals surface area contributed by atoms with Gasteiger partial charge in [-0.25, -0.2) is 4.98 Å². The number of thiazole rings is 1. The number of benzene rings is 1. The van der Waals surface area contributed by atoms with Crippen molar-refractivity contribution in [2.45, 2.75) is 45.3 Å². The summed E-state index contributed by atoms with van der Waals surface area (Å²) in [7, 11) is 0. The molecular formula is C17H24N2OS. The van der Waals surface area contributed by atoms with Gasteiger partial charge in [0.15, 0.2) is 0 Å². The summed E-state index contributed by atoms with van der Waals surface area (Å²) >= 11 is 1.63. The zero-order valence-corrected chi connectivity index (χ0v) is 13.9. The van der Waals surface area contributed by atoms with Gasteiger partial charge < -0.3 is 10.4 Å². The van der Waals surface area contributed by atoms with Gasteiger partial charge in [0.05, 0.1) is 11.6 Å². The Bertz CT molecular complexity index is 547. The quantitative estimate of drug-likeness (QED) is 0.852. The minimum absolute atomic E-state index is 0.229. The van der Waals surface area contributed by atoms with Crippen LogP contribution < -0.4 is 5.32 Å². The van der Waals surface area contributed by atoms with Crippen molar-refractivity contribution in [3.05, 3.63) is 52.0 Å². The molecule has 0 aliphatic heterocycles. The molecule has 1 aromatic heterocycles. The Morgan fingerprint density at radius 2 is 1.81 bits per heavy atom. The van der Waals surface area contributed by atoms with E-state index in [4.69, 9.17) is 0 Å². The lowest BCUT2D eigenvalue weighted by atomic mass is 9.99. The van der Waals surface area contributed by atoms with Gasteiger partial charge in [-0.3, -0.25) is 0 Å². The predicted molar refractivity (Wildman–Crippen MR) is 88.6 cm³/mol. The lowest BCUT2D eigenvalue weighted by Crippen LogP contribution is -2.39. The zero-order chi connectivity index (χ0) is 15.5. The molecule has 1 aromatic carbocycles. The maximum atomic E-state index is 10.3. The first-order chi connectivity index (χ1) is 9.90. The third-order valence-corrected chi connectivity index (χ3v) is 4.79. The molecule has 2 rings (SSSR count). The van der Waals surface area contributed by atoms with Gasteiger partial charge in [-0.15, -0.1) is 11.3 Å². The van der Waals surface area contributed by atoms with Crippen LogP contribution in [0, 0.1) is 0 Å². The van der Waals surface area contributed by atoms with Crippen molar-refractivity contribution in [3.8, 4) is 0 Å². The Balaban J connectivity index is 1.97. The van der Waals surface area contributed by atoms with E-state index in [9.17, 15) is 5.11 Å². The van der Waals surface area contributed by atoms with Crippen LogP contribution >= 0.6 is 11.3 Å². The first-order valence-corrected chi connectivity index (χ1v) is 8.21. The van der Waals surface area contributed by atoms with Crippen LogP contribution in [0.25, 0.3) is 0 Å². The van der Waals surface area contributed by atoms with Crippen LogP contribution in [0.2, 0.25) is 0 Å². The number of rotatable bonds is 6. The summed E-state index contributed by atoms with van der Waals surface area (Å²) in [5, 5.41) is 16.7. The molecule has 0 aliphatic rings. The highest BCUT2D eigenvalue weighted by Crippen LogP contribution is 2.23. The Morgan fingerprint density at radius 3 is 2.33 bits per heavy atom. The number of aliphatic hydroxyl groups is 1. The first-order valence-electron chi connectivity index (χ1n) is 7.33. The average molecular weight is 304 g/mol. The molecule has 2 aromatic rings. The van der Waals surface area contributed by atoms with Gasteiger partial charge >= 0.3 is 0 Å². The molecule has 0 amide bonds. The number of nitrogens with one attached hydrogen (secondary N) is 1. The molecule has 114 valence electrons. The first kappa shape index (κ1) is 16.1. The lowest BCUT2D eigenvalue weighted by Gasteiger charge is -2.25. The van der Waals surface area contributed by atoms with Crippen molar-refractivity contribution in [1.29, 1.82) is 0 Å². The summed E-state index contributed by atoms with van der Waals surface area (Å²) in [6, 6.07) is 8.21. The highest BCUT2D eigenvalue weighted by molar-refractivity contribution is 7.09. The smallest absolute Gasteiger partial charge is 0.112 e. The Kier molecular flexibility index (Phi) is 5.14.